The van der Waals surface area contributed by atoms with E-state index in [1.165, 1.54) is 30.6 Å². The molecule has 0 saturated heterocycles. The van der Waals surface area contributed by atoms with Gasteiger partial charge in [-0.2, -0.15) is 0 Å². The van der Waals surface area contributed by atoms with Crippen LogP contribution in [0.3, 0.4) is 0 Å². The van der Waals surface area contributed by atoms with Crippen molar-refractivity contribution in [2.75, 3.05) is 12.3 Å². The largest absolute Gasteiger partial charge is 0.492 e. The van der Waals surface area contributed by atoms with Crippen LogP contribution in [0.2, 0.25) is 0 Å². The fourth-order valence-electron chi connectivity index (χ4n) is 2.06. The minimum absolute atomic E-state index is 0.0439. The molecule has 9 nitrogen and oxygen atoms in total. The first-order valence-electron chi connectivity index (χ1n) is 6.65. The molecule has 23 heavy (non-hydrogen) atoms. The highest BCUT2D eigenvalue weighted by molar-refractivity contribution is 7.60. The average Bonchev–Trinajstić information content (AvgIpc) is 2.92. The lowest BCUT2D eigenvalue weighted by molar-refractivity contribution is 0.300. The molecule has 0 aliphatic carbocycles. The lowest BCUT2D eigenvalue weighted by atomic mass is 10.3. The number of imidazole rings is 1. The van der Waals surface area contributed by atoms with Gasteiger partial charge in [-0.1, -0.05) is 0 Å². The Kier molecular flexibility index (Phi) is 3.99. The van der Waals surface area contributed by atoms with E-state index in [1.807, 2.05) is 0 Å². The third-order valence-corrected chi connectivity index (χ3v) is 4.17. The molecule has 3 rings (SSSR count). The third-order valence-electron chi connectivity index (χ3n) is 3.20. The molecule has 120 valence electrons. The Labute approximate surface area is 130 Å². The molecule has 0 spiro atoms. The SMILES string of the molecule is Nc1ncnc2c1ncn2CCOc1ccc(P(=O)(O)O)cc1. The Balaban J connectivity index is 1.65. The summed E-state index contributed by atoms with van der Waals surface area (Å²) >= 11 is 0. The van der Waals surface area contributed by atoms with Crippen LogP contribution in [0, 0.1) is 0 Å². The quantitative estimate of drug-likeness (QED) is 0.566. The average molecular weight is 335 g/mol. The first kappa shape index (κ1) is 15.4. The maximum Gasteiger partial charge on any atom is 0.356 e. The van der Waals surface area contributed by atoms with Gasteiger partial charge in [0, 0.05) is 0 Å². The lowest BCUT2D eigenvalue weighted by Gasteiger charge is -2.09. The first-order chi connectivity index (χ1) is 10.9. The number of nitrogens with two attached hydrogens (primary N) is 1. The van der Waals surface area contributed by atoms with E-state index in [1.54, 1.807) is 10.9 Å². The Bertz CT molecular complexity index is 874. The van der Waals surface area contributed by atoms with E-state index < -0.39 is 7.60 Å². The second-order valence-electron chi connectivity index (χ2n) is 4.76. The van der Waals surface area contributed by atoms with Gasteiger partial charge in [-0.05, 0) is 24.3 Å². The van der Waals surface area contributed by atoms with Crippen molar-refractivity contribution in [3.05, 3.63) is 36.9 Å². The molecule has 1 aromatic carbocycles. The number of fused-ring (bicyclic) bond motifs is 1. The topological polar surface area (TPSA) is 136 Å². The number of nitrogens with zero attached hydrogens (tertiary/aromatic N) is 4. The number of nitrogen functional groups attached to an aromatic ring is 1. The Morgan fingerprint density at radius 3 is 2.61 bits per heavy atom. The van der Waals surface area contributed by atoms with Crippen LogP contribution in [0.25, 0.3) is 11.2 Å². The molecule has 0 amide bonds. The zero-order valence-corrected chi connectivity index (χ0v) is 12.8. The van der Waals surface area contributed by atoms with Gasteiger partial charge in [0.05, 0.1) is 18.2 Å². The fraction of sp³-hybridized carbons (Fsp3) is 0.154. The van der Waals surface area contributed by atoms with Crippen LogP contribution in [-0.4, -0.2) is 35.9 Å². The predicted molar refractivity (Wildman–Crippen MR) is 83.4 cm³/mol. The predicted octanol–water partition coefficient (Wildman–Crippen LogP) is 0.290. The van der Waals surface area contributed by atoms with E-state index in [0.29, 0.717) is 35.9 Å². The zero-order valence-electron chi connectivity index (χ0n) is 11.9. The van der Waals surface area contributed by atoms with Gasteiger partial charge < -0.3 is 24.8 Å². The smallest absolute Gasteiger partial charge is 0.356 e. The summed E-state index contributed by atoms with van der Waals surface area (Å²) in [5.41, 5.74) is 6.88. The molecular weight excluding hydrogens is 321 g/mol. The summed E-state index contributed by atoms with van der Waals surface area (Å²) < 4.78 is 18.4. The number of benzene rings is 1. The van der Waals surface area contributed by atoms with Crippen LogP contribution in [-0.2, 0) is 11.1 Å². The number of aromatic nitrogens is 4. The number of hydrogen-bond donors (Lipinski definition) is 3. The zero-order chi connectivity index (χ0) is 16.4. The number of hydrogen-bond acceptors (Lipinski definition) is 6. The molecule has 2 heterocycles. The van der Waals surface area contributed by atoms with Gasteiger partial charge >= 0.3 is 7.60 Å². The molecule has 0 fully saturated rings. The van der Waals surface area contributed by atoms with Crippen LogP contribution in [0.1, 0.15) is 0 Å². The molecule has 0 atom stereocenters. The maximum atomic E-state index is 11.1. The Morgan fingerprint density at radius 1 is 1.17 bits per heavy atom. The van der Waals surface area contributed by atoms with Crippen molar-refractivity contribution in [3.8, 4) is 5.75 Å². The van der Waals surface area contributed by atoms with Gasteiger partial charge in [0.15, 0.2) is 11.5 Å². The van der Waals surface area contributed by atoms with E-state index in [9.17, 15) is 4.57 Å². The molecule has 10 heteroatoms. The van der Waals surface area contributed by atoms with Crippen molar-refractivity contribution in [1.82, 2.24) is 19.5 Å². The van der Waals surface area contributed by atoms with E-state index in [4.69, 9.17) is 20.3 Å². The molecule has 0 saturated carbocycles. The van der Waals surface area contributed by atoms with E-state index in [-0.39, 0.29) is 5.30 Å². The summed E-state index contributed by atoms with van der Waals surface area (Å²) in [6.45, 7) is 0.831. The van der Waals surface area contributed by atoms with Crippen LogP contribution >= 0.6 is 7.60 Å². The summed E-state index contributed by atoms with van der Waals surface area (Å²) in [4.78, 5) is 30.2. The lowest BCUT2D eigenvalue weighted by Crippen LogP contribution is -2.09. The van der Waals surface area contributed by atoms with E-state index >= 15 is 0 Å². The van der Waals surface area contributed by atoms with Crippen molar-refractivity contribution in [2.24, 2.45) is 0 Å². The molecule has 3 aromatic rings. The van der Waals surface area contributed by atoms with Gasteiger partial charge in [-0.25, -0.2) is 15.0 Å². The molecule has 4 N–H and O–H groups in total. The van der Waals surface area contributed by atoms with Crippen molar-refractivity contribution >= 4 is 29.9 Å². The molecule has 2 aromatic heterocycles. The third kappa shape index (κ3) is 3.31. The van der Waals surface area contributed by atoms with E-state index in [2.05, 4.69) is 15.0 Å². The standard InChI is InChI=1S/C13H14N5O4P/c14-12-11-13(16-7-15-12)18(8-17-11)5-6-22-9-1-3-10(4-2-9)23(19,20)21/h1-4,7-8H,5-6H2,(H2,14,15,16)(H2,19,20,21). The van der Waals surface area contributed by atoms with Crippen molar-refractivity contribution in [1.29, 1.82) is 0 Å². The second kappa shape index (κ2) is 5.96. The van der Waals surface area contributed by atoms with Crippen LogP contribution < -0.4 is 15.8 Å². The van der Waals surface area contributed by atoms with Crippen molar-refractivity contribution in [3.63, 3.8) is 0 Å². The van der Waals surface area contributed by atoms with Crippen LogP contribution in [0.15, 0.2) is 36.9 Å². The van der Waals surface area contributed by atoms with Gasteiger partial charge in [0.2, 0.25) is 0 Å². The van der Waals surface area contributed by atoms with Crippen molar-refractivity contribution < 1.29 is 19.1 Å². The molecule has 0 aliphatic rings. The van der Waals surface area contributed by atoms with Gasteiger partial charge in [0.25, 0.3) is 0 Å². The summed E-state index contributed by atoms with van der Waals surface area (Å²) in [6.07, 6.45) is 2.98. The first-order valence-corrected chi connectivity index (χ1v) is 8.26. The van der Waals surface area contributed by atoms with Gasteiger partial charge in [0.1, 0.15) is 24.2 Å². The maximum absolute atomic E-state index is 11.1. The highest BCUT2D eigenvalue weighted by atomic mass is 31.2. The Hall–Kier alpha value is -2.48. The van der Waals surface area contributed by atoms with Gasteiger partial charge in [-0.15, -0.1) is 0 Å². The van der Waals surface area contributed by atoms with E-state index in [0.717, 1.165) is 0 Å². The number of anilines is 1. The minimum atomic E-state index is -4.23. The number of ether oxygens (including phenoxy) is 1. The molecule has 0 radical (unpaired) electrons. The summed E-state index contributed by atoms with van der Waals surface area (Å²) in [7, 11) is -4.23. The summed E-state index contributed by atoms with van der Waals surface area (Å²) in [6, 6.07) is 5.72. The minimum Gasteiger partial charge on any atom is -0.492 e. The summed E-state index contributed by atoms with van der Waals surface area (Å²) in [5.74, 6) is 0.837. The van der Waals surface area contributed by atoms with Crippen molar-refractivity contribution in [2.45, 2.75) is 6.54 Å². The molecule has 0 bridgehead atoms. The molecule has 0 aliphatic heterocycles. The van der Waals surface area contributed by atoms with Crippen LogP contribution in [0.5, 0.6) is 5.75 Å². The monoisotopic (exact) mass is 335 g/mol. The number of rotatable bonds is 5. The van der Waals surface area contributed by atoms with Crippen LogP contribution in [0.4, 0.5) is 5.82 Å². The highest BCUT2D eigenvalue weighted by Gasteiger charge is 2.16. The van der Waals surface area contributed by atoms with Gasteiger partial charge in [-0.3, -0.25) is 4.57 Å². The molecule has 0 unspecified atom stereocenters. The summed E-state index contributed by atoms with van der Waals surface area (Å²) in [5, 5.41) is -0.0439. The second-order valence-corrected chi connectivity index (χ2v) is 6.36. The highest BCUT2D eigenvalue weighted by Crippen LogP contribution is 2.33. The molecular formula is C13H14N5O4P. The Morgan fingerprint density at radius 2 is 1.91 bits per heavy atom. The fourth-order valence-corrected chi connectivity index (χ4v) is 2.60. The normalized spacial score (nSPS) is 11.7.